The molecule has 0 aromatic heterocycles. The Balaban J connectivity index is 0. The van der Waals surface area contributed by atoms with Gasteiger partial charge < -0.3 is 15.5 Å². The maximum atomic E-state index is 9.96. The molecule has 0 bridgehead atoms. The van der Waals surface area contributed by atoms with Crippen LogP contribution in [0.5, 0.6) is 0 Å². The van der Waals surface area contributed by atoms with Gasteiger partial charge in [0.05, 0.1) is 0 Å². The van der Waals surface area contributed by atoms with Crippen molar-refractivity contribution < 1.29 is 34.0 Å². The van der Waals surface area contributed by atoms with Crippen LogP contribution in [0.1, 0.15) is 6.92 Å². The van der Waals surface area contributed by atoms with Gasteiger partial charge in [-0.15, -0.1) is 0 Å². The SMILES string of the molecule is CC(O)C[N+]([O-])=NO.[Li+]. The summed E-state index contributed by atoms with van der Waals surface area (Å²) < 4.78 is 0. The molecule has 0 amide bonds. The van der Waals surface area contributed by atoms with Crippen molar-refractivity contribution in [3.63, 3.8) is 0 Å². The summed E-state index contributed by atoms with van der Waals surface area (Å²) in [6.45, 7) is 1.23. The molecule has 0 spiro atoms. The maximum Gasteiger partial charge on any atom is 1.00 e. The molecule has 0 aliphatic rings. The summed E-state index contributed by atoms with van der Waals surface area (Å²) >= 11 is 0. The Hall–Kier alpha value is -0.243. The fourth-order valence-corrected chi connectivity index (χ4v) is 0.263. The van der Waals surface area contributed by atoms with Crippen LogP contribution >= 0.6 is 0 Å². The summed E-state index contributed by atoms with van der Waals surface area (Å²) in [6.07, 6.45) is -0.761. The molecule has 0 saturated heterocycles. The standard InChI is InChI=1S/C3H8N2O3.Li/c1-3(6)2-5(8)4-7;/h3,6-7H,2H2,1H3;/q;+1. The summed E-state index contributed by atoms with van der Waals surface area (Å²) in [5.74, 6) is 0. The van der Waals surface area contributed by atoms with Gasteiger partial charge in [-0.1, -0.05) is 4.86 Å². The Morgan fingerprint density at radius 3 is 2.33 bits per heavy atom. The van der Waals surface area contributed by atoms with E-state index in [9.17, 15) is 5.21 Å². The zero-order valence-corrected chi connectivity index (χ0v) is 5.48. The second-order valence-corrected chi connectivity index (χ2v) is 1.47. The van der Waals surface area contributed by atoms with Gasteiger partial charge in [0.15, 0.2) is 5.28 Å². The fourth-order valence-electron chi connectivity index (χ4n) is 0.263. The third-order valence-electron chi connectivity index (χ3n) is 0.520. The third-order valence-corrected chi connectivity index (χ3v) is 0.520. The average Bonchev–Trinajstić information content (AvgIpc) is 1.65. The van der Waals surface area contributed by atoms with Crippen LogP contribution in [0.4, 0.5) is 0 Å². The van der Waals surface area contributed by atoms with Gasteiger partial charge >= 0.3 is 18.9 Å². The molecule has 0 radical (unpaired) electrons. The number of aliphatic hydroxyl groups is 1. The second-order valence-electron chi connectivity index (χ2n) is 1.47. The summed E-state index contributed by atoms with van der Waals surface area (Å²) in [6, 6.07) is 0. The van der Waals surface area contributed by atoms with Crippen LogP contribution in [-0.4, -0.2) is 27.8 Å². The zero-order chi connectivity index (χ0) is 6.57. The molecule has 5 nitrogen and oxygen atoms in total. The average molecular weight is 127 g/mol. The Kier molecular flexibility index (Phi) is 7.55. The van der Waals surface area contributed by atoms with Gasteiger partial charge in [0, 0.05) is 0 Å². The molecule has 0 rings (SSSR count). The maximum absolute atomic E-state index is 9.96. The minimum absolute atomic E-state index is 0. The molecule has 6 heteroatoms. The van der Waals surface area contributed by atoms with Crippen molar-refractivity contribution in [3.05, 3.63) is 5.21 Å². The number of rotatable bonds is 2. The van der Waals surface area contributed by atoms with Gasteiger partial charge in [-0.2, -0.15) is 0 Å². The fraction of sp³-hybridized carbons (Fsp3) is 1.00. The van der Waals surface area contributed by atoms with Crippen LogP contribution in [0.15, 0.2) is 5.28 Å². The van der Waals surface area contributed by atoms with Gasteiger partial charge in [-0.05, 0) is 6.92 Å². The Morgan fingerprint density at radius 2 is 2.22 bits per heavy atom. The Morgan fingerprint density at radius 1 is 1.78 bits per heavy atom. The molecule has 0 fully saturated rings. The topological polar surface area (TPSA) is 78.9 Å². The van der Waals surface area contributed by atoms with Crippen LogP contribution in [0.25, 0.3) is 0 Å². The zero-order valence-electron chi connectivity index (χ0n) is 5.48. The summed E-state index contributed by atoms with van der Waals surface area (Å²) in [5, 5.41) is 28.4. The molecule has 48 valence electrons. The van der Waals surface area contributed by atoms with Crippen molar-refractivity contribution in [3.8, 4) is 0 Å². The third kappa shape index (κ3) is 7.76. The van der Waals surface area contributed by atoms with Gasteiger partial charge in [0.2, 0.25) is 6.54 Å². The van der Waals surface area contributed by atoms with E-state index in [2.05, 4.69) is 5.28 Å². The molecule has 0 aliphatic heterocycles. The number of nitrogens with zero attached hydrogens (tertiary/aromatic N) is 2. The van der Waals surface area contributed by atoms with E-state index in [1.165, 1.54) is 6.92 Å². The molecular weight excluding hydrogens is 119 g/mol. The number of hydrogen-bond acceptors (Lipinski definition) is 3. The van der Waals surface area contributed by atoms with Crippen molar-refractivity contribution in [2.45, 2.75) is 13.0 Å². The molecule has 2 N–H and O–H groups in total. The van der Waals surface area contributed by atoms with E-state index >= 15 is 0 Å². The molecule has 0 aromatic carbocycles. The minimum Gasteiger partial charge on any atom is -0.597 e. The summed E-state index contributed by atoms with van der Waals surface area (Å²) in [7, 11) is 0. The van der Waals surface area contributed by atoms with Gasteiger partial charge in [-0.3, -0.25) is 0 Å². The van der Waals surface area contributed by atoms with Crippen molar-refractivity contribution in [2.75, 3.05) is 6.54 Å². The number of hydroxylamine groups is 1. The number of hydrogen-bond donors (Lipinski definition) is 2. The van der Waals surface area contributed by atoms with Crippen molar-refractivity contribution >= 4 is 0 Å². The van der Waals surface area contributed by atoms with Crippen LogP contribution in [0.3, 0.4) is 0 Å². The van der Waals surface area contributed by atoms with E-state index in [1.807, 2.05) is 0 Å². The Bertz CT molecular complexity index is 95.1. The predicted molar refractivity (Wildman–Crippen MR) is 24.4 cm³/mol. The van der Waals surface area contributed by atoms with E-state index in [4.69, 9.17) is 10.3 Å². The smallest absolute Gasteiger partial charge is 0.597 e. The first kappa shape index (κ1) is 11.5. The van der Waals surface area contributed by atoms with E-state index in [0.717, 1.165) is 0 Å². The second kappa shape index (κ2) is 5.89. The normalized spacial score (nSPS) is 14.2. The molecule has 1 atom stereocenters. The molecule has 0 aromatic rings. The molecular formula is C3H8LiN2O3+. The van der Waals surface area contributed by atoms with E-state index in [1.54, 1.807) is 0 Å². The van der Waals surface area contributed by atoms with Gasteiger partial charge in [0.1, 0.15) is 6.10 Å². The summed E-state index contributed by atoms with van der Waals surface area (Å²) in [4.78, 5) is 0.00463. The first-order valence-corrected chi connectivity index (χ1v) is 2.14. The first-order valence-electron chi connectivity index (χ1n) is 2.14. The van der Waals surface area contributed by atoms with E-state index in [-0.39, 0.29) is 30.3 Å². The van der Waals surface area contributed by atoms with Gasteiger partial charge in [0.25, 0.3) is 0 Å². The molecule has 0 saturated carbocycles. The molecule has 0 aliphatic carbocycles. The number of aliphatic hydroxyl groups excluding tert-OH is 1. The van der Waals surface area contributed by atoms with Crippen LogP contribution in [0, 0.1) is 5.21 Å². The molecule has 1 unspecified atom stereocenters. The quantitative estimate of drug-likeness (QED) is 0.177. The van der Waals surface area contributed by atoms with E-state index < -0.39 is 6.10 Å². The van der Waals surface area contributed by atoms with E-state index in [0.29, 0.717) is 0 Å². The van der Waals surface area contributed by atoms with Crippen LogP contribution in [0.2, 0.25) is 0 Å². The van der Waals surface area contributed by atoms with Crippen molar-refractivity contribution in [1.29, 1.82) is 0 Å². The molecule has 0 heterocycles. The summed E-state index contributed by atoms with van der Waals surface area (Å²) in [5.41, 5.74) is 0. The first-order chi connectivity index (χ1) is 3.66. The molecule has 9 heavy (non-hydrogen) atoms. The van der Waals surface area contributed by atoms with Crippen LogP contribution < -0.4 is 18.9 Å². The minimum atomic E-state index is -0.761. The largest absolute Gasteiger partial charge is 1.00 e. The monoisotopic (exact) mass is 127 g/mol. The van der Waals surface area contributed by atoms with Crippen LogP contribution in [-0.2, 0) is 0 Å². The Labute approximate surface area is 64.7 Å². The van der Waals surface area contributed by atoms with Gasteiger partial charge in [-0.25, -0.2) is 0 Å². The van der Waals surface area contributed by atoms with Crippen molar-refractivity contribution in [1.82, 2.24) is 0 Å². The predicted octanol–water partition coefficient (Wildman–Crippen LogP) is -3.28. The van der Waals surface area contributed by atoms with Crippen molar-refractivity contribution in [2.24, 2.45) is 5.28 Å².